The lowest BCUT2D eigenvalue weighted by molar-refractivity contribution is -0.384. The third kappa shape index (κ3) is 5.07. The van der Waals surface area contributed by atoms with Crippen molar-refractivity contribution in [2.45, 2.75) is 0 Å². The Kier molecular flexibility index (Phi) is 7.01. The van der Waals surface area contributed by atoms with Crippen molar-refractivity contribution < 1.29 is 4.92 Å². The minimum absolute atomic E-state index is 0.0585. The highest BCUT2D eigenvalue weighted by Gasteiger charge is 2.17. The van der Waals surface area contributed by atoms with E-state index < -0.39 is 0 Å². The Morgan fingerprint density at radius 3 is 1.70 bits per heavy atom. The highest BCUT2D eigenvalue weighted by Crippen LogP contribution is 2.38. The minimum atomic E-state index is -0.388. The van der Waals surface area contributed by atoms with Gasteiger partial charge in [-0.25, -0.2) is 4.98 Å². The maximum absolute atomic E-state index is 11.2. The third-order valence-corrected chi connectivity index (χ3v) is 10.2. The van der Waals surface area contributed by atoms with E-state index in [-0.39, 0.29) is 10.6 Å². The number of nitrogens with zero attached hydrogens (tertiary/aromatic N) is 4. The fourth-order valence-electron chi connectivity index (χ4n) is 7.75. The van der Waals surface area contributed by atoms with Gasteiger partial charge < -0.3 is 9.13 Å². The molecule has 0 spiro atoms. The number of pyridine rings is 1. The van der Waals surface area contributed by atoms with E-state index in [1.165, 1.54) is 44.7 Å². The fourth-order valence-corrected chi connectivity index (χ4v) is 7.75. The molecule has 53 heavy (non-hydrogen) atoms. The van der Waals surface area contributed by atoms with Crippen molar-refractivity contribution in [3.8, 4) is 45.0 Å². The van der Waals surface area contributed by atoms with E-state index in [0.29, 0.717) is 0 Å². The average molecular weight is 683 g/mol. The molecular weight excluding hydrogens is 653 g/mol. The van der Waals surface area contributed by atoms with Gasteiger partial charge in [-0.15, -0.1) is 0 Å². The van der Waals surface area contributed by atoms with Crippen molar-refractivity contribution in [3.63, 3.8) is 0 Å². The van der Waals surface area contributed by atoms with Gasteiger partial charge in [-0.05, 0) is 90.0 Å². The number of hydrogen-bond acceptors (Lipinski definition) is 3. The lowest BCUT2D eigenvalue weighted by Crippen LogP contribution is -1.95. The zero-order chi connectivity index (χ0) is 35.5. The largest absolute Gasteiger partial charge is 0.309 e. The summed E-state index contributed by atoms with van der Waals surface area (Å²) < 4.78 is 4.69. The number of non-ortho nitro benzene ring substituents is 1. The summed E-state index contributed by atoms with van der Waals surface area (Å²) in [5.41, 5.74) is 12.6. The zero-order valence-corrected chi connectivity index (χ0v) is 28.4. The topological polar surface area (TPSA) is 65.9 Å². The van der Waals surface area contributed by atoms with Crippen LogP contribution in [0.3, 0.4) is 0 Å². The molecule has 0 radical (unpaired) electrons. The molecule has 0 saturated heterocycles. The lowest BCUT2D eigenvalue weighted by atomic mass is 10.0. The molecule has 250 valence electrons. The Balaban J connectivity index is 1.10. The summed E-state index contributed by atoms with van der Waals surface area (Å²) in [5, 5.41) is 16.0. The Morgan fingerprint density at radius 1 is 0.396 bits per heavy atom. The molecule has 0 unspecified atom stereocenters. The van der Waals surface area contributed by atoms with Crippen LogP contribution in [0, 0.1) is 10.1 Å². The maximum atomic E-state index is 11.2. The molecule has 3 heterocycles. The van der Waals surface area contributed by atoms with E-state index in [0.717, 1.165) is 56.0 Å². The number of nitro benzene ring substituents is 1. The molecule has 0 atom stereocenters. The second-order valence-corrected chi connectivity index (χ2v) is 13.3. The number of aromatic nitrogens is 3. The summed E-state index contributed by atoms with van der Waals surface area (Å²) in [6.45, 7) is 0. The SMILES string of the molecule is O=[N+]([O-])c1ccc(-c2cccc(-c3cccc(-n4c5ccccc5c5ccc(-c6ccc7c(c6)c6ccccc6n7-c6ccccc6)cc54)c3)n2)cc1. The van der Waals surface area contributed by atoms with E-state index in [2.05, 4.69) is 149 Å². The Labute approximate surface area is 304 Å². The smallest absolute Gasteiger partial charge is 0.269 e. The molecule has 0 bridgehead atoms. The number of benzene rings is 7. The molecule has 0 aliphatic heterocycles. The normalized spacial score (nSPS) is 11.5. The number of nitro groups is 1. The van der Waals surface area contributed by atoms with Gasteiger partial charge in [-0.1, -0.05) is 91.0 Å². The van der Waals surface area contributed by atoms with Gasteiger partial charge in [-0.3, -0.25) is 10.1 Å². The van der Waals surface area contributed by atoms with Crippen LogP contribution in [0.1, 0.15) is 0 Å². The predicted molar refractivity (Wildman–Crippen MR) is 216 cm³/mol. The molecule has 7 aromatic carbocycles. The monoisotopic (exact) mass is 682 g/mol. The molecular formula is C47H30N4O2. The number of fused-ring (bicyclic) bond motifs is 6. The van der Waals surface area contributed by atoms with E-state index in [4.69, 9.17) is 4.98 Å². The summed E-state index contributed by atoms with van der Waals surface area (Å²) >= 11 is 0. The summed E-state index contributed by atoms with van der Waals surface area (Å²) in [4.78, 5) is 15.8. The molecule has 0 amide bonds. The van der Waals surface area contributed by atoms with Crippen LogP contribution in [-0.4, -0.2) is 19.0 Å². The van der Waals surface area contributed by atoms with Gasteiger partial charge >= 0.3 is 0 Å². The van der Waals surface area contributed by atoms with Gasteiger partial charge in [-0.2, -0.15) is 0 Å². The van der Waals surface area contributed by atoms with Crippen molar-refractivity contribution in [1.82, 2.24) is 14.1 Å². The second-order valence-electron chi connectivity index (χ2n) is 13.3. The molecule has 0 N–H and O–H groups in total. The van der Waals surface area contributed by atoms with E-state index in [1.807, 2.05) is 18.2 Å². The van der Waals surface area contributed by atoms with Gasteiger partial charge in [0.25, 0.3) is 5.69 Å². The Bertz CT molecular complexity index is 3030. The number of rotatable bonds is 6. The standard InChI is InChI=1S/C47H30N4O2/c52-51(53)36-24-20-31(21-25-36)42-16-9-17-43(48-42)34-10-8-13-37(28-34)50-44-18-6-4-14-38(44)40-26-22-33(30-47(40)50)32-23-27-46-41(29-32)39-15-5-7-19-45(39)49(46)35-11-2-1-3-12-35/h1-30H. The highest BCUT2D eigenvalue weighted by atomic mass is 16.6. The van der Waals surface area contributed by atoms with Crippen molar-refractivity contribution in [2.24, 2.45) is 0 Å². The molecule has 0 aliphatic carbocycles. The highest BCUT2D eigenvalue weighted by molar-refractivity contribution is 6.12. The van der Waals surface area contributed by atoms with Crippen LogP contribution < -0.4 is 0 Å². The molecule has 0 fully saturated rings. The second kappa shape index (κ2) is 12.2. The number of para-hydroxylation sites is 3. The molecule has 0 saturated carbocycles. The van der Waals surface area contributed by atoms with Crippen molar-refractivity contribution in [2.75, 3.05) is 0 Å². The maximum Gasteiger partial charge on any atom is 0.269 e. The van der Waals surface area contributed by atoms with Crippen LogP contribution in [-0.2, 0) is 0 Å². The molecule has 3 aromatic heterocycles. The van der Waals surface area contributed by atoms with E-state index in [9.17, 15) is 10.1 Å². The molecule has 6 nitrogen and oxygen atoms in total. The van der Waals surface area contributed by atoms with E-state index >= 15 is 0 Å². The minimum Gasteiger partial charge on any atom is -0.309 e. The summed E-state index contributed by atoms with van der Waals surface area (Å²) in [6.07, 6.45) is 0. The van der Waals surface area contributed by atoms with Crippen LogP contribution in [0.4, 0.5) is 5.69 Å². The molecule has 10 aromatic rings. The quantitative estimate of drug-likeness (QED) is 0.129. The van der Waals surface area contributed by atoms with Crippen molar-refractivity contribution >= 4 is 49.3 Å². The van der Waals surface area contributed by atoms with Crippen LogP contribution in [0.15, 0.2) is 182 Å². The van der Waals surface area contributed by atoms with Crippen molar-refractivity contribution in [3.05, 3.63) is 192 Å². The lowest BCUT2D eigenvalue weighted by Gasteiger charge is -2.12. The van der Waals surface area contributed by atoms with Gasteiger partial charge in [0, 0.05) is 56.2 Å². The third-order valence-electron chi connectivity index (χ3n) is 10.2. The number of hydrogen-bond donors (Lipinski definition) is 0. The first-order valence-corrected chi connectivity index (χ1v) is 17.6. The van der Waals surface area contributed by atoms with E-state index in [1.54, 1.807) is 12.1 Å². The van der Waals surface area contributed by atoms with Gasteiger partial charge in [0.15, 0.2) is 0 Å². The Hall–Kier alpha value is -7.31. The summed E-state index contributed by atoms with van der Waals surface area (Å²) in [6, 6.07) is 62.3. The zero-order valence-electron chi connectivity index (χ0n) is 28.4. The first kappa shape index (κ1) is 30.5. The summed E-state index contributed by atoms with van der Waals surface area (Å²) in [7, 11) is 0. The van der Waals surface area contributed by atoms with Gasteiger partial charge in [0.2, 0.25) is 0 Å². The average Bonchev–Trinajstić information content (AvgIpc) is 3.73. The van der Waals surface area contributed by atoms with Crippen LogP contribution in [0.2, 0.25) is 0 Å². The molecule has 10 rings (SSSR count). The van der Waals surface area contributed by atoms with Crippen LogP contribution in [0.5, 0.6) is 0 Å². The fraction of sp³-hybridized carbons (Fsp3) is 0. The van der Waals surface area contributed by atoms with Crippen LogP contribution >= 0.6 is 0 Å². The van der Waals surface area contributed by atoms with Gasteiger partial charge in [0.05, 0.1) is 38.4 Å². The molecule has 6 heteroatoms. The van der Waals surface area contributed by atoms with Crippen molar-refractivity contribution in [1.29, 1.82) is 0 Å². The van der Waals surface area contributed by atoms with Gasteiger partial charge in [0.1, 0.15) is 0 Å². The summed E-state index contributed by atoms with van der Waals surface area (Å²) in [5.74, 6) is 0. The molecule has 0 aliphatic rings. The van der Waals surface area contributed by atoms with Crippen LogP contribution in [0.25, 0.3) is 88.6 Å². The first-order valence-electron chi connectivity index (χ1n) is 17.6. The predicted octanol–water partition coefficient (Wildman–Crippen LogP) is 12.2. The Morgan fingerprint density at radius 2 is 0.943 bits per heavy atom. The first-order chi connectivity index (χ1) is 26.1.